The highest BCUT2D eigenvalue weighted by molar-refractivity contribution is 9.10. The molecule has 218 valence electrons. The number of nitro groups is 2. The highest BCUT2D eigenvalue weighted by atomic mass is 79.9. The highest BCUT2D eigenvalue weighted by Crippen LogP contribution is 2.29. The average molecular weight is 642 g/mol. The van der Waals surface area contributed by atoms with Crippen molar-refractivity contribution in [1.82, 2.24) is 0 Å². The summed E-state index contributed by atoms with van der Waals surface area (Å²) >= 11 is 3.33. The lowest BCUT2D eigenvalue weighted by atomic mass is 10.1. The van der Waals surface area contributed by atoms with Gasteiger partial charge in [-0.2, -0.15) is 5.10 Å². The van der Waals surface area contributed by atoms with Crippen LogP contribution in [0.25, 0.3) is 0 Å². The van der Waals surface area contributed by atoms with Crippen molar-refractivity contribution in [3.8, 4) is 0 Å². The topological polar surface area (TPSA) is 192 Å². The fraction of sp³-hybridized carbons (Fsp3) is 0.185. The highest BCUT2D eigenvalue weighted by Gasteiger charge is 2.20. The lowest BCUT2D eigenvalue weighted by Gasteiger charge is -2.10. The van der Waals surface area contributed by atoms with Gasteiger partial charge in [0.1, 0.15) is 18.0 Å². The molecule has 0 saturated heterocycles. The van der Waals surface area contributed by atoms with Gasteiger partial charge in [0, 0.05) is 34.6 Å². The Morgan fingerprint density at radius 3 is 2.19 bits per heavy atom. The number of carbonyl (C=O) groups excluding carboxylic acids is 3. The molecule has 42 heavy (non-hydrogen) atoms. The molecule has 15 heteroatoms. The number of hydrogen-bond donors (Lipinski definition) is 2. The van der Waals surface area contributed by atoms with Crippen molar-refractivity contribution < 1.29 is 33.7 Å². The molecule has 0 spiro atoms. The molecule has 3 aromatic carbocycles. The Hall–Kier alpha value is -5.18. The molecule has 0 aliphatic carbocycles. The number of hydrazone groups is 1. The van der Waals surface area contributed by atoms with Gasteiger partial charge in [-0.15, -0.1) is 0 Å². The Balaban J connectivity index is 1.59. The van der Waals surface area contributed by atoms with E-state index in [-0.39, 0.29) is 43.2 Å². The van der Waals surface area contributed by atoms with Crippen LogP contribution < -0.4 is 10.7 Å². The molecule has 3 rings (SSSR count). The number of nitrogens with zero attached hydrogens (tertiary/aromatic N) is 3. The summed E-state index contributed by atoms with van der Waals surface area (Å²) in [6, 6.07) is 16.0. The first-order chi connectivity index (χ1) is 20.1. The van der Waals surface area contributed by atoms with Crippen LogP contribution in [0, 0.1) is 20.2 Å². The van der Waals surface area contributed by atoms with Crippen LogP contribution in [0.2, 0.25) is 0 Å². The summed E-state index contributed by atoms with van der Waals surface area (Å²) in [5.41, 5.74) is 3.00. The second-order valence-corrected chi connectivity index (χ2v) is 9.44. The molecule has 0 fully saturated rings. The fourth-order valence-electron chi connectivity index (χ4n) is 3.47. The quantitative estimate of drug-likeness (QED) is 0.108. The zero-order valence-corrected chi connectivity index (χ0v) is 23.7. The van der Waals surface area contributed by atoms with E-state index in [1.165, 1.54) is 19.2 Å². The van der Waals surface area contributed by atoms with E-state index >= 15 is 0 Å². The van der Waals surface area contributed by atoms with Gasteiger partial charge in [-0.05, 0) is 48.9 Å². The molecular weight excluding hydrogens is 618 g/mol. The minimum absolute atomic E-state index is 0.0346. The zero-order chi connectivity index (χ0) is 30.6. The molecule has 1 amide bonds. The Labute approximate surface area is 247 Å². The van der Waals surface area contributed by atoms with Crippen LogP contribution in [0.5, 0.6) is 0 Å². The monoisotopic (exact) mass is 641 g/mol. The molecule has 0 unspecified atom stereocenters. The number of halogens is 1. The van der Waals surface area contributed by atoms with E-state index in [9.17, 15) is 34.6 Å². The van der Waals surface area contributed by atoms with E-state index < -0.39 is 33.2 Å². The van der Waals surface area contributed by atoms with E-state index in [1.54, 1.807) is 36.4 Å². The first-order valence-corrected chi connectivity index (χ1v) is 13.0. The van der Waals surface area contributed by atoms with Gasteiger partial charge in [0.05, 0.1) is 28.6 Å². The van der Waals surface area contributed by atoms with Gasteiger partial charge >= 0.3 is 17.6 Å². The number of carbonyl (C=O) groups is 3. The summed E-state index contributed by atoms with van der Waals surface area (Å²) in [6.07, 6.45) is 0.166. The van der Waals surface area contributed by atoms with Crippen LogP contribution in [0.4, 0.5) is 22.7 Å². The van der Waals surface area contributed by atoms with Crippen molar-refractivity contribution in [2.24, 2.45) is 5.10 Å². The van der Waals surface area contributed by atoms with E-state index in [1.807, 2.05) is 0 Å². The first kappa shape index (κ1) is 31.3. The second kappa shape index (κ2) is 15.0. The number of non-ortho nitro benzene ring substituents is 1. The predicted octanol–water partition coefficient (Wildman–Crippen LogP) is 5.22. The summed E-state index contributed by atoms with van der Waals surface area (Å²) in [6.45, 7) is -0.299. The number of nitrogens with one attached hydrogen (secondary N) is 2. The summed E-state index contributed by atoms with van der Waals surface area (Å²) in [7, 11) is 1.27. The third kappa shape index (κ3) is 9.19. The number of nitro benzene ring substituents is 2. The van der Waals surface area contributed by atoms with E-state index in [4.69, 9.17) is 4.74 Å². The molecule has 0 saturated carbocycles. The first-order valence-electron chi connectivity index (χ1n) is 12.2. The summed E-state index contributed by atoms with van der Waals surface area (Å²) < 4.78 is 10.7. The SMILES string of the molecule is COC(=O)c1ccc(NC(=O)CCCC(=O)OCC(=NNc2ccc([N+](=O)[O-])cc2[N+](=O)[O-])c2ccc(Br)cc2)cc1. The second-order valence-electron chi connectivity index (χ2n) is 8.52. The minimum Gasteiger partial charge on any atom is -0.465 e. The third-order valence-electron chi connectivity index (χ3n) is 5.62. The molecule has 0 bridgehead atoms. The van der Waals surface area contributed by atoms with Crippen molar-refractivity contribution in [2.75, 3.05) is 24.5 Å². The molecule has 0 radical (unpaired) electrons. The zero-order valence-electron chi connectivity index (χ0n) is 22.1. The van der Waals surface area contributed by atoms with Crippen molar-refractivity contribution in [1.29, 1.82) is 0 Å². The average Bonchev–Trinajstić information content (AvgIpc) is 2.97. The Morgan fingerprint density at radius 2 is 1.57 bits per heavy atom. The number of methoxy groups -OCH3 is 1. The maximum absolute atomic E-state index is 12.4. The van der Waals surface area contributed by atoms with E-state index in [0.717, 1.165) is 22.7 Å². The number of esters is 2. The van der Waals surface area contributed by atoms with Crippen molar-refractivity contribution in [2.45, 2.75) is 19.3 Å². The molecule has 0 aliphatic heterocycles. The molecule has 14 nitrogen and oxygen atoms in total. The standard InChI is InChI=1S/C27H24BrN5O9/c1-41-27(36)18-7-11-20(12-8-18)29-25(34)3-2-4-26(35)42-16-23(17-5-9-19(28)10-6-17)31-30-22-14-13-21(32(37)38)15-24(22)33(39)40/h5-15,30H,2-4,16H2,1H3,(H,29,34). The van der Waals surface area contributed by atoms with Gasteiger partial charge in [0.25, 0.3) is 5.69 Å². The molecular formula is C27H24BrN5O9. The molecule has 0 aliphatic rings. The number of hydrogen-bond acceptors (Lipinski definition) is 11. The van der Waals surface area contributed by atoms with Crippen LogP contribution in [0.1, 0.15) is 35.2 Å². The molecule has 0 atom stereocenters. The number of amides is 1. The van der Waals surface area contributed by atoms with Gasteiger partial charge in [0.15, 0.2) is 0 Å². The van der Waals surface area contributed by atoms with Crippen LogP contribution in [0.15, 0.2) is 76.3 Å². The normalized spacial score (nSPS) is 10.9. The van der Waals surface area contributed by atoms with Gasteiger partial charge < -0.3 is 14.8 Å². The van der Waals surface area contributed by atoms with Crippen LogP contribution in [-0.4, -0.2) is 47.1 Å². The largest absolute Gasteiger partial charge is 0.465 e. The summed E-state index contributed by atoms with van der Waals surface area (Å²) in [4.78, 5) is 57.0. The lowest BCUT2D eigenvalue weighted by molar-refractivity contribution is -0.393. The van der Waals surface area contributed by atoms with Crippen molar-refractivity contribution >= 4 is 62.2 Å². The molecule has 0 aromatic heterocycles. The maximum atomic E-state index is 12.4. The Morgan fingerprint density at radius 1 is 0.905 bits per heavy atom. The van der Waals surface area contributed by atoms with Crippen molar-refractivity contribution in [3.05, 3.63) is 103 Å². The van der Waals surface area contributed by atoms with Gasteiger partial charge in [0.2, 0.25) is 5.91 Å². The van der Waals surface area contributed by atoms with Crippen LogP contribution in [0.3, 0.4) is 0 Å². The fourth-order valence-corrected chi connectivity index (χ4v) is 3.74. The molecule has 0 heterocycles. The molecule has 2 N–H and O–H groups in total. The minimum atomic E-state index is -0.780. The third-order valence-corrected chi connectivity index (χ3v) is 6.15. The summed E-state index contributed by atoms with van der Waals surface area (Å²) in [5, 5.41) is 29.3. The maximum Gasteiger partial charge on any atom is 0.337 e. The van der Waals surface area contributed by atoms with Crippen LogP contribution >= 0.6 is 15.9 Å². The number of rotatable bonds is 13. The van der Waals surface area contributed by atoms with Gasteiger partial charge in [-0.25, -0.2) is 4.79 Å². The Kier molecular flexibility index (Phi) is 11.2. The van der Waals surface area contributed by atoms with Crippen LogP contribution in [-0.2, 0) is 19.1 Å². The predicted molar refractivity (Wildman–Crippen MR) is 155 cm³/mol. The Bertz CT molecular complexity index is 1510. The number of benzene rings is 3. The summed E-state index contributed by atoms with van der Waals surface area (Å²) in [5.74, 6) is -1.43. The van der Waals surface area contributed by atoms with Crippen molar-refractivity contribution in [3.63, 3.8) is 0 Å². The molecule has 3 aromatic rings. The van der Waals surface area contributed by atoms with Gasteiger partial charge in [-0.1, -0.05) is 28.1 Å². The van der Waals surface area contributed by atoms with Gasteiger partial charge in [-0.3, -0.25) is 35.2 Å². The smallest absolute Gasteiger partial charge is 0.337 e. The number of ether oxygens (including phenoxy) is 2. The van der Waals surface area contributed by atoms with E-state index in [0.29, 0.717) is 16.8 Å². The number of anilines is 2. The lowest BCUT2D eigenvalue weighted by Crippen LogP contribution is -2.17. The van der Waals surface area contributed by atoms with E-state index in [2.05, 4.69) is 36.5 Å².